The summed E-state index contributed by atoms with van der Waals surface area (Å²) in [4.78, 5) is 0. The highest BCUT2D eigenvalue weighted by atomic mass is 14.1. The summed E-state index contributed by atoms with van der Waals surface area (Å²) in [5.41, 5.74) is 1.36. The number of hydrogen-bond acceptors (Lipinski definition) is 0. The summed E-state index contributed by atoms with van der Waals surface area (Å²) in [5, 5.41) is 0. The van der Waals surface area contributed by atoms with Gasteiger partial charge in [-0.3, -0.25) is 0 Å². The molecule has 0 bridgehead atoms. The lowest BCUT2D eigenvalue weighted by atomic mass is 9.92. The van der Waals surface area contributed by atoms with Crippen LogP contribution in [0.2, 0.25) is 0 Å². The van der Waals surface area contributed by atoms with Crippen molar-refractivity contribution in [3.8, 4) is 0 Å². The van der Waals surface area contributed by atoms with Gasteiger partial charge in [0.25, 0.3) is 0 Å². The molecule has 0 aliphatic heterocycles. The van der Waals surface area contributed by atoms with Crippen molar-refractivity contribution in [3.63, 3.8) is 0 Å². The van der Waals surface area contributed by atoms with Crippen molar-refractivity contribution in [1.29, 1.82) is 0 Å². The fourth-order valence-electron chi connectivity index (χ4n) is 1.33. The van der Waals surface area contributed by atoms with Gasteiger partial charge in [0.05, 0.1) is 0 Å². The first-order chi connectivity index (χ1) is 4.72. The van der Waals surface area contributed by atoms with Gasteiger partial charge >= 0.3 is 0 Å². The van der Waals surface area contributed by atoms with Crippen molar-refractivity contribution >= 4 is 0 Å². The van der Waals surface area contributed by atoms with Crippen LogP contribution in [-0.4, -0.2) is 0 Å². The van der Waals surface area contributed by atoms with E-state index in [-0.39, 0.29) is 0 Å². The Morgan fingerprint density at radius 3 is 1.80 bits per heavy atom. The largest absolute Gasteiger partial charge is 0.0999 e. The van der Waals surface area contributed by atoms with Crippen molar-refractivity contribution in [2.24, 2.45) is 5.92 Å². The third kappa shape index (κ3) is 3.71. The molecular weight excluding hydrogens is 120 g/mol. The molecule has 0 aromatic heterocycles. The lowest BCUT2D eigenvalue weighted by molar-refractivity contribution is 0.505. The Balaban J connectivity index is 3.61. The molecule has 0 aromatic carbocycles. The third-order valence-corrected chi connectivity index (χ3v) is 1.97. The Kier molecular flexibility index (Phi) is 5.38. The topological polar surface area (TPSA) is 0 Å². The van der Waals surface area contributed by atoms with Gasteiger partial charge in [0.2, 0.25) is 0 Å². The van der Waals surface area contributed by atoms with Crippen LogP contribution in [0.15, 0.2) is 12.2 Å². The monoisotopic (exact) mass is 140 g/mol. The molecule has 0 nitrogen and oxygen atoms in total. The molecule has 0 saturated heterocycles. The summed E-state index contributed by atoms with van der Waals surface area (Å²) in [7, 11) is 0. The minimum Gasteiger partial charge on any atom is -0.0999 e. The van der Waals surface area contributed by atoms with E-state index in [9.17, 15) is 0 Å². The Bertz CT molecular complexity index is 86.2. The molecular formula is C10H20. The first-order valence-electron chi connectivity index (χ1n) is 4.37. The molecule has 0 aliphatic carbocycles. The molecule has 0 saturated carbocycles. The second-order valence-electron chi connectivity index (χ2n) is 3.12. The maximum atomic E-state index is 3.99. The first-order valence-corrected chi connectivity index (χ1v) is 4.37. The van der Waals surface area contributed by atoms with E-state index in [1.807, 2.05) is 0 Å². The van der Waals surface area contributed by atoms with Gasteiger partial charge < -0.3 is 0 Å². The predicted octanol–water partition coefficient (Wildman–Crippen LogP) is 3.78. The summed E-state index contributed by atoms with van der Waals surface area (Å²) in [5.74, 6) is 0.787. The quantitative estimate of drug-likeness (QED) is 0.510. The van der Waals surface area contributed by atoms with Crippen LogP contribution in [0.25, 0.3) is 0 Å². The summed E-state index contributed by atoms with van der Waals surface area (Å²) in [6.07, 6.45) is 5.22. The molecule has 0 heteroatoms. The zero-order valence-electron chi connectivity index (χ0n) is 7.61. The molecule has 0 fully saturated rings. The minimum absolute atomic E-state index is 0.787. The van der Waals surface area contributed by atoms with Crippen LogP contribution in [0.4, 0.5) is 0 Å². The Hall–Kier alpha value is -0.260. The molecule has 0 aromatic rings. The molecule has 0 spiro atoms. The standard InChI is InChI=1S/C10H20/c1-5-7-10(8-6-2)9(3)4/h10H,3,5-8H2,1-2,4H3. The van der Waals surface area contributed by atoms with Crippen molar-refractivity contribution in [1.82, 2.24) is 0 Å². The fraction of sp³-hybridized carbons (Fsp3) is 0.800. The zero-order chi connectivity index (χ0) is 7.98. The number of rotatable bonds is 5. The van der Waals surface area contributed by atoms with Gasteiger partial charge in [-0.15, -0.1) is 0 Å². The first kappa shape index (κ1) is 9.74. The third-order valence-electron chi connectivity index (χ3n) is 1.97. The smallest absolute Gasteiger partial charge is 0.0209 e. The second-order valence-corrected chi connectivity index (χ2v) is 3.12. The van der Waals surface area contributed by atoms with Crippen LogP contribution in [0, 0.1) is 5.92 Å². The van der Waals surface area contributed by atoms with Gasteiger partial charge in [-0.25, -0.2) is 0 Å². The molecule has 10 heavy (non-hydrogen) atoms. The lowest BCUT2D eigenvalue weighted by Gasteiger charge is -2.14. The molecule has 0 unspecified atom stereocenters. The van der Waals surface area contributed by atoms with Crippen LogP contribution >= 0.6 is 0 Å². The molecule has 0 amide bonds. The molecule has 0 aliphatic rings. The van der Waals surface area contributed by atoms with Crippen LogP contribution in [-0.2, 0) is 0 Å². The van der Waals surface area contributed by atoms with Gasteiger partial charge in [-0.2, -0.15) is 0 Å². The second kappa shape index (κ2) is 5.52. The lowest BCUT2D eigenvalue weighted by Crippen LogP contribution is -1.99. The van der Waals surface area contributed by atoms with Gasteiger partial charge in [0, 0.05) is 0 Å². The molecule has 0 heterocycles. The Morgan fingerprint density at radius 2 is 1.60 bits per heavy atom. The SMILES string of the molecule is C=C(C)C(CCC)CCC. The van der Waals surface area contributed by atoms with E-state index in [1.165, 1.54) is 31.3 Å². The molecule has 0 radical (unpaired) electrons. The summed E-state index contributed by atoms with van der Waals surface area (Å²) < 4.78 is 0. The van der Waals surface area contributed by atoms with E-state index < -0.39 is 0 Å². The Morgan fingerprint density at radius 1 is 1.20 bits per heavy atom. The van der Waals surface area contributed by atoms with Gasteiger partial charge in [0.1, 0.15) is 0 Å². The van der Waals surface area contributed by atoms with Crippen LogP contribution in [0.1, 0.15) is 46.5 Å². The maximum absolute atomic E-state index is 3.99. The molecule has 0 atom stereocenters. The Labute approximate surface area is 65.3 Å². The van der Waals surface area contributed by atoms with E-state index in [0.717, 1.165) is 5.92 Å². The summed E-state index contributed by atoms with van der Waals surface area (Å²) in [6, 6.07) is 0. The van der Waals surface area contributed by atoms with E-state index in [2.05, 4.69) is 27.4 Å². The van der Waals surface area contributed by atoms with Crippen LogP contribution in [0.5, 0.6) is 0 Å². The molecule has 0 rings (SSSR count). The predicted molar refractivity (Wildman–Crippen MR) is 48.1 cm³/mol. The minimum atomic E-state index is 0.787. The average Bonchev–Trinajstić information content (AvgIpc) is 1.87. The fourth-order valence-corrected chi connectivity index (χ4v) is 1.33. The van der Waals surface area contributed by atoms with Crippen molar-refractivity contribution in [3.05, 3.63) is 12.2 Å². The van der Waals surface area contributed by atoms with Crippen LogP contribution in [0.3, 0.4) is 0 Å². The number of allylic oxidation sites excluding steroid dienone is 1. The summed E-state index contributed by atoms with van der Waals surface area (Å²) in [6.45, 7) is 10.6. The maximum Gasteiger partial charge on any atom is -0.0209 e. The van der Waals surface area contributed by atoms with Crippen molar-refractivity contribution in [2.45, 2.75) is 46.5 Å². The highest BCUT2D eigenvalue weighted by molar-refractivity contribution is 4.95. The van der Waals surface area contributed by atoms with Crippen molar-refractivity contribution < 1.29 is 0 Å². The van der Waals surface area contributed by atoms with Crippen molar-refractivity contribution in [2.75, 3.05) is 0 Å². The van der Waals surface area contributed by atoms with E-state index in [4.69, 9.17) is 0 Å². The van der Waals surface area contributed by atoms with Gasteiger partial charge in [-0.05, 0) is 25.7 Å². The summed E-state index contributed by atoms with van der Waals surface area (Å²) >= 11 is 0. The normalized spacial score (nSPS) is 10.4. The number of hydrogen-bond donors (Lipinski definition) is 0. The van der Waals surface area contributed by atoms with Gasteiger partial charge in [-0.1, -0.05) is 38.8 Å². The van der Waals surface area contributed by atoms with Gasteiger partial charge in [0.15, 0.2) is 0 Å². The average molecular weight is 140 g/mol. The highest BCUT2D eigenvalue weighted by Gasteiger charge is 2.05. The molecule has 60 valence electrons. The van der Waals surface area contributed by atoms with E-state index >= 15 is 0 Å². The highest BCUT2D eigenvalue weighted by Crippen LogP contribution is 2.20. The van der Waals surface area contributed by atoms with Crippen LogP contribution < -0.4 is 0 Å². The zero-order valence-corrected chi connectivity index (χ0v) is 7.61. The van der Waals surface area contributed by atoms with E-state index in [1.54, 1.807) is 0 Å². The van der Waals surface area contributed by atoms with E-state index in [0.29, 0.717) is 0 Å². The molecule has 0 N–H and O–H groups in total.